The lowest BCUT2D eigenvalue weighted by Gasteiger charge is -2.45. The Hall–Kier alpha value is -2.95. The fourth-order valence-electron chi connectivity index (χ4n) is 7.63. The van der Waals surface area contributed by atoms with E-state index in [0.717, 1.165) is 72.2 Å². The van der Waals surface area contributed by atoms with Crippen molar-refractivity contribution in [1.82, 2.24) is 29.2 Å². The van der Waals surface area contributed by atoms with Gasteiger partial charge in [-0.25, -0.2) is 9.78 Å². The van der Waals surface area contributed by atoms with Crippen LogP contribution in [0.1, 0.15) is 79.1 Å². The summed E-state index contributed by atoms with van der Waals surface area (Å²) in [7, 11) is 1.99. The van der Waals surface area contributed by atoms with Gasteiger partial charge in [-0.05, 0) is 108 Å². The minimum Gasteiger partial charge on any atom is -0.446 e. The summed E-state index contributed by atoms with van der Waals surface area (Å²) in [5.74, 6) is 0.513. The SMILES string of the molecule is Cn1cncc1CCN(CC1CC1)C(=O)[C@H]1CN(C2c3ccc(Cl)cc3CCc3cc(Br)cnc32)CCN1C(=O)OC1CCCCC1. The average molecular weight is 724 g/mol. The third-order valence-electron chi connectivity index (χ3n) is 10.4. The number of ether oxygens (including phenoxy) is 1. The first-order valence-corrected chi connectivity index (χ1v) is 18.4. The van der Waals surface area contributed by atoms with Gasteiger partial charge in [0, 0.05) is 73.8 Å². The normalized spacial score (nSPS) is 21.9. The largest absolute Gasteiger partial charge is 0.446 e. The van der Waals surface area contributed by atoms with E-state index in [1.807, 2.05) is 35.0 Å². The molecule has 2 saturated carbocycles. The maximum absolute atomic E-state index is 14.8. The van der Waals surface area contributed by atoms with Crippen molar-refractivity contribution in [3.05, 3.63) is 80.6 Å². The number of aryl methyl sites for hydroxylation is 3. The highest BCUT2D eigenvalue weighted by Gasteiger charge is 2.43. The highest BCUT2D eigenvalue weighted by molar-refractivity contribution is 9.10. The Morgan fingerprint density at radius 2 is 1.85 bits per heavy atom. The van der Waals surface area contributed by atoms with Crippen LogP contribution >= 0.6 is 27.5 Å². The van der Waals surface area contributed by atoms with Crippen LogP contribution < -0.4 is 0 Å². The minimum absolute atomic E-state index is 0.00157. The summed E-state index contributed by atoms with van der Waals surface area (Å²) in [4.78, 5) is 44.0. The summed E-state index contributed by atoms with van der Waals surface area (Å²) >= 11 is 10.1. The van der Waals surface area contributed by atoms with E-state index in [1.165, 1.54) is 23.1 Å². The van der Waals surface area contributed by atoms with Crippen molar-refractivity contribution in [2.45, 2.75) is 82.4 Å². The number of amides is 2. The molecule has 47 heavy (non-hydrogen) atoms. The lowest BCUT2D eigenvalue weighted by Crippen LogP contribution is -2.62. The summed E-state index contributed by atoms with van der Waals surface area (Å²) in [6, 6.07) is 7.48. The summed E-state index contributed by atoms with van der Waals surface area (Å²) in [5.41, 5.74) is 5.64. The van der Waals surface area contributed by atoms with Gasteiger partial charge in [0.05, 0.1) is 18.1 Å². The number of piperazine rings is 1. The molecule has 1 aliphatic heterocycles. The van der Waals surface area contributed by atoms with Gasteiger partial charge in [-0.3, -0.25) is 19.6 Å². The molecule has 11 heteroatoms. The molecule has 3 heterocycles. The number of nitrogens with zero attached hydrogens (tertiary/aromatic N) is 6. The molecule has 1 saturated heterocycles. The van der Waals surface area contributed by atoms with Gasteiger partial charge in [0.2, 0.25) is 5.91 Å². The molecule has 250 valence electrons. The third kappa shape index (κ3) is 7.39. The third-order valence-corrected chi connectivity index (χ3v) is 11.1. The lowest BCUT2D eigenvalue weighted by molar-refractivity contribution is -0.139. The number of aromatic nitrogens is 3. The molecule has 3 fully saturated rings. The van der Waals surface area contributed by atoms with Crippen molar-refractivity contribution in [3.63, 3.8) is 0 Å². The second kappa shape index (κ2) is 14.3. The minimum atomic E-state index is -0.664. The molecule has 2 atom stereocenters. The van der Waals surface area contributed by atoms with Crippen molar-refractivity contribution in [1.29, 1.82) is 0 Å². The first kappa shape index (κ1) is 32.6. The van der Waals surface area contributed by atoms with Gasteiger partial charge in [0.1, 0.15) is 12.1 Å². The van der Waals surface area contributed by atoms with E-state index in [4.69, 9.17) is 21.3 Å². The number of halogens is 2. The number of carbonyl (C=O) groups is 2. The Morgan fingerprint density at radius 3 is 2.62 bits per heavy atom. The standard InChI is InChI=1S/C36H44BrClN6O3/c1-41-23-39-20-29(41)13-14-43(21-24-7-8-24)35(45)32-22-42(15-16-44(32)36(46)47-30-5-3-2-4-6-30)34-31-12-11-28(38)18-25(31)9-10-26-17-27(37)19-40-33(26)34/h11-12,17-20,23-24,30,32,34H,2-10,13-16,21-22H2,1H3/t32-,34?/m1/s1. The summed E-state index contributed by atoms with van der Waals surface area (Å²) in [6.07, 6.45) is 14.9. The lowest BCUT2D eigenvalue weighted by atomic mass is 9.95. The maximum Gasteiger partial charge on any atom is 0.410 e. The summed E-state index contributed by atoms with van der Waals surface area (Å²) < 4.78 is 9.07. The van der Waals surface area contributed by atoms with E-state index in [9.17, 15) is 9.59 Å². The van der Waals surface area contributed by atoms with Crippen molar-refractivity contribution >= 4 is 39.5 Å². The van der Waals surface area contributed by atoms with Gasteiger partial charge >= 0.3 is 6.09 Å². The topological polar surface area (TPSA) is 83.8 Å². The summed E-state index contributed by atoms with van der Waals surface area (Å²) in [5, 5.41) is 0.718. The number of imidazole rings is 1. The van der Waals surface area contributed by atoms with Crippen LogP contribution in [0.4, 0.5) is 4.79 Å². The molecule has 0 radical (unpaired) electrons. The second-order valence-corrected chi connectivity index (χ2v) is 15.1. The van der Waals surface area contributed by atoms with Crippen molar-refractivity contribution in [2.24, 2.45) is 13.0 Å². The van der Waals surface area contributed by atoms with Crippen LogP contribution in [0.3, 0.4) is 0 Å². The zero-order chi connectivity index (χ0) is 32.5. The fourth-order valence-corrected chi connectivity index (χ4v) is 8.21. The Labute approximate surface area is 290 Å². The molecule has 4 aliphatic rings. The Kier molecular flexibility index (Phi) is 9.89. The van der Waals surface area contributed by atoms with Crippen molar-refractivity contribution < 1.29 is 14.3 Å². The van der Waals surface area contributed by atoms with E-state index >= 15 is 0 Å². The number of hydrogen-bond acceptors (Lipinski definition) is 6. The molecule has 3 aromatic rings. The molecule has 0 spiro atoms. The van der Waals surface area contributed by atoms with E-state index in [0.29, 0.717) is 45.1 Å². The zero-order valence-electron chi connectivity index (χ0n) is 27.1. The van der Waals surface area contributed by atoms with Crippen LogP contribution in [0.15, 0.2) is 47.5 Å². The highest BCUT2D eigenvalue weighted by Crippen LogP contribution is 2.39. The van der Waals surface area contributed by atoms with Crippen LogP contribution in [0, 0.1) is 5.92 Å². The molecule has 1 unspecified atom stereocenters. The van der Waals surface area contributed by atoms with Gasteiger partial charge in [-0.15, -0.1) is 0 Å². The molecule has 2 aromatic heterocycles. The molecule has 7 rings (SSSR count). The number of hydrogen-bond donors (Lipinski definition) is 0. The fraction of sp³-hybridized carbons (Fsp3) is 0.556. The van der Waals surface area contributed by atoms with Gasteiger partial charge in [0.25, 0.3) is 0 Å². The van der Waals surface area contributed by atoms with E-state index < -0.39 is 6.04 Å². The first-order valence-electron chi connectivity index (χ1n) is 17.2. The number of benzene rings is 1. The number of fused-ring (bicyclic) bond motifs is 2. The second-order valence-electron chi connectivity index (χ2n) is 13.8. The molecule has 9 nitrogen and oxygen atoms in total. The molecular weight excluding hydrogens is 680 g/mol. The average Bonchev–Trinajstić information content (AvgIpc) is 3.83. The van der Waals surface area contributed by atoms with Crippen LogP contribution in [0.2, 0.25) is 5.02 Å². The van der Waals surface area contributed by atoms with Crippen LogP contribution in [0.5, 0.6) is 0 Å². The number of pyridine rings is 1. The number of carbonyl (C=O) groups excluding carboxylic acids is 2. The molecule has 1 aromatic carbocycles. The zero-order valence-corrected chi connectivity index (χ0v) is 29.5. The Bertz CT molecular complexity index is 1550. The van der Waals surface area contributed by atoms with Gasteiger partial charge in [-0.1, -0.05) is 24.1 Å². The monoisotopic (exact) mass is 722 g/mol. The molecule has 0 N–H and O–H groups in total. The van der Waals surface area contributed by atoms with Crippen LogP contribution in [-0.4, -0.2) is 86.1 Å². The predicted octanol–water partition coefficient (Wildman–Crippen LogP) is 6.36. The van der Waals surface area contributed by atoms with Crippen molar-refractivity contribution in [3.8, 4) is 0 Å². The van der Waals surface area contributed by atoms with E-state index in [1.54, 1.807) is 11.2 Å². The van der Waals surface area contributed by atoms with Gasteiger partial charge in [0.15, 0.2) is 0 Å². The highest BCUT2D eigenvalue weighted by atomic mass is 79.9. The smallest absolute Gasteiger partial charge is 0.410 e. The van der Waals surface area contributed by atoms with Crippen molar-refractivity contribution in [2.75, 3.05) is 32.7 Å². The van der Waals surface area contributed by atoms with Gasteiger partial charge in [-0.2, -0.15) is 0 Å². The number of rotatable bonds is 8. The summed E-state index contributed by atoms with van der Waals surface area (Å²) in [6.45, 7) is 2.70. The molecular formula is C36H44BrClN6O3. The van der Waals surface area contributed by atoms with E-state index in [2.05, 4.69) is 44.0 Å². The maximum atomic E-state index is 14.8. The quantitative estimate of drug-likeness (QED) is 0.269. The Balaban J connectivity index is 1.21. The van der Waals surface area contributed by atoms with Gasteiger partial charge < -0.3 is 14.2 Å². The molecule has 0 bridgehead atoms. The predicted molar refractivity (Wildman–Crippen MR) is 184 cm³/mol. The Morgan fingerprint density at radius 1 is 1.04 bits per heavy atom. The van der Waals surface area contributed by atoms with Crippen LogP contribution in [0.25, 0.3) is 0 Å². The first-order chi connectivity index (χ1) is 22.8. The molecule has 2 amide bonds. The van der Waals surface area contributed by atoms with Crippen LogP contribution in [-0.2, 0) is 35.8 Å². The van der Waals surface area contributed by atoms with E-state index in [-0.39, 0.29) is 24.1 Å². The molecule has 3 aliphatic carbocycles.